The quantitative estimate of drug-likeness (QED) is 0.929. The van der Waals surface area contributed by atoms with Crippen LogP contribution in [0.1, 0.15) is 35.2 Å². The molecule has 0 radical (unpaired) electrons. The van der Waals surface area contributed by atoms with Crippen molar-refractivity contribution in [3.8, 4) is 0 Å². The molecular formula is C14H16BrNO3. The van der Waals surface area contributed by atoms with E-state index >= 15 is 0 Å². The van der Waals surface area contributed by atoms with Gasteiger partial charge in [0.05, 0.1) is 12.0 Å². The molecule has 1 saturated heterocycles. The van der Waals surface area contributed by atoms with E-state index < -0.39 is 5.97 Å². The van der Waals surface area contributed by atoms with Crippen LogP contribution >= 0.6 is 15.9 Å². The first-order valence-electron chi connectivity index (χ1n) is 6.28. The number of amides is 1. The molecule has 1 N–H and O–H groups in total. The second kappa shape index (κ2) is 5.74. The molecule has 1 fully saturated rings. The molecule has 0 aliphatic carbocycles. The fraction of sp³-hybridized carbons (Fsp3) is 0.429. The molecule has 0 aromatic heterocycles. The van der Waals surface area contributed by atoms with Gasteiger partial charge in [-0.3, -0.25) is 9.59 Å². The molecule has 1 heterocycles. The van der Waals surface area contributed by atoms with Crippen LogP contribution in [-0.2, 0) is 4.79 Å². The predicted octanol–water partition coefficient (Wildman–Crippen LogP) is 2.84. The third-order valence-electron chi connectivity index (χ3n) is 3.47. The van der Waals surface area contributed by atoms with Gasteiger partial charge in [-0.25, -0.2) is 0 Å². The van der Waals surface area contributed by atoms with E-state index in [-0.39, 0.29) is 18.4 Å². The topological polar surface area (TPSA) is 57.6 Å². The Morgan fingerprint density at radius 1 is 1.47 bits per heavy atom. The van der Waals surface area contributed by atoms with Crippen LogP contribution in [0.4, 0.5) is 0 Å². The maximum atomic E-state index is 12.5. The number of hydrogen-bond acceptors (Lipinski definition) is 2. The van der Waals surface area contributed by atoms with Gasteiger partial charge in [0.2, 0.25) is 0 Å². The molecule has 1 atom stereocenters. The summed E-state index contributed by atoms with van der Waals surface area (Å²) in [6.45, 7) is 2.57. The molecular weight excluding hydrogens is 310 g/mol. The zero-order chi connectivity index (χ0) is 14.0. The fourth-order valence-corrected chi connectivity index (χ4v) is 2.92. The smallest absolute Gasteiger partial charge is 0.305 e. The molecule has 2 rings (SSSR count). The molecule has 0 spiro atoms. The Morgan fingerprint density at radius 3 is 2.89 bits per heavy atom. The molecule has 19 heavy (non-hydrogen) atoms. The number of benzene rings is 1. The summed E-state index contributed by atoms with van der Waals surface area (Å²) in [7, 11) is 0. The summed E-state index contributed by atoms with van der Waals surface area (Å²) in [6.07, 6.45) is 1.66. The second-order valence-electron chi connectivity index (χ2n) is 4.83. The van der Waals surface area contributed by atoms with Crippen LogP contribution in [0.15, 0.2) is 22.7 Å². The van der Waals surface area contributed by atoms with Crippen LogP contribution in [0.25, 0.3) is 0 Å². The van der Waals surface area contributed by atoms with Gasteiger partial charge in [0.1, 0.15) is 0 Å². The number of likely N-dealkylation sites (tertiary alicyclic amines) is 1. The van der Waals surface area contributed by atoms with Crippen LogP contribution in [0.2, 0.25) is 0 Å². The number of halogens is 1. The highest BCUT2D eigenvalue weighted by Crippen LogP contribution is 2.27. The van der Waals surface area contributed by atoms with Crippen LogP contribution < -0.4 is 0 Å². The summed E-state index contributed by atoms with van der Waals surface area (Å²) < 4.78 is 0.793. The second-order valence-corrected chi connectivity index (χ2v) is 5.62. The first-order chi connectivity index (χ1) is 9.00. The lowest BCUT2D eigenvalue weighted by atomic mass is 10.1. The van der Waals surface area contributed by atoms with Crippen molar-refractivity contribution in [1.82, 2.24) is 4.90 Å². The van der Waals surface area contributed by atoms with Gasteiger partial charge in [0.25, 0.3) is 5.91 Å². The number of carbonyl (C=O) groups excluding carboxylic acids is 1. The molecule has 1 aliphatic rings. The minimum Gasteiger partial charge on any atom is -0.481 e. The van der Waals surface area contributed by atoms with Crippen LogP contribution in [0.3, 0.4) is 0 Å². The van der Waals surface area contributed by atoms with Gasteiger partial charge in [-0.1, -0.05) is 12.1 Å². The monoisotopic (exact) mass is 325 g/mol. The van der Waals surface area contributed by atoms with Gasteiger partial charge >= 0.3 is 5.97 Å². The Kier molecular flexibility index (Phi) is 4.24. The SMILES string of the molecule is Cc1cccc(C(=O)N2CCCC2CC(=O)O)c1Br. The van der Waals surface area contributed by atoms with Crippen molar-refractivity contribution in [2.75, 3.05) is 6.54 Å². The van der Waals surface area contributed by atoms with E-state index in [0.29, 0.717) is 12.1 Å². The van der Waals surface area contributed by atoms with Crippen molar-refractivity contribution < 1.29 is 14.7 Å². The minimum absolute atomic E-state index is 0.0230. The summed E-state index contributed by atoms with van der Waals surface area (Å²) >= 11 is 3.43. The number of hydrogen-bond donors (Lipinski definition) is 1. The summed E-state index contributed by atoms with van der Waals surface area (Å²) in [4.78, 5) is 25.0. The van der Waals surface area contributed by atoms with E-state index in [9.17, 15) is 9.59 Å². The van der Waals surface area contributed by atoms with Crippen molar-refractivity contribution in [2.45, 2.75) is 32.2 Å². The molecule has 1 amide bonds. The summed E-state index contributed by atoms with van der Waals surface area (Å²) in [5, 5.41) is 8.90. The largest absolute Gasteiger partial charge is 0.481 e. The van der Waals surface area contributed by atoms with Crippen molar-refractivity contribution in [2.24, 2.45) is 0 Å². The maximum Gasteiger partial charge on any atom is 0.305 e. The molecule has 1 aromatic carbocycles. The van der Waals surface area contributed by atoms with Crippen LogP contribution in [0, 0.1) is 6.92 Å². The van der Waals surface area contributed by atoms with Crippen LogP contribution in [-0.4, -0.2) is 34.5 Å². The first kappa shape index (κ1) is 14.1. The third kappa shape index (κ3) is 2.97. The standard InChI is InChI=1S/C14H16BrNO3/c1-9-4-2-6-11(13(9)15)14(19)16-7-3-5-10(16)8-12(17)18/h2,4,6,10H,3,5,7-8H2,1H3,(H,17,18). The van der Waals surface area contributed by atoms with Crippen molar-refractivity contribution >= 4 is 27.8 Å². The average molecular weight is 326 g/mol. The highest BCUT2D eigenvalue weighted by molar-refractivity contribution is 9.10. The minimum atomic E-state index is -0.854. The summed E-state index contributed by atoms with van der Waals surface area (Å²) in [5.41, 5.74) is 1.61. The number of carboxylic acid groups (broad SMARTS) is 1. The van der Waals surface area contributed by atoms with E-state index in [1.807, 2.05) is 19.1 Å². The Labute approximate surface area is 120 Å². The lowest BCUT2D eigenvalue weighted by Crippen LogP contribution is -2.37. The van der Waals surface area contributed by atoms with Gasteiger partial charge in [-0.2, -0.15) is 0 Å². The number of carbonyl (C=O) groups is 2. The zero-order valence-corrected chi connectivity index (χ0v) is 12.3. The first-order valence-corrected chi connectivity index (χ1v) is 7.08. The summed E-state index contributed by atoms with van der Waals surface area (Å²) in [5.74, 6) is -0.938. The van der Waals surface area contributed by atoms with Crippen LogP contribution in [0.5, 0.6) is 0 Å². The third-order valence-corrected chi connectivity index (χ3v) is 4.52. The van der Waals surface area contributed by atoms with Gasteiger partial charge in [0.15, 0.2) is 0 Å². The average Bonchev–Trinajstić information content (AvgIpc) is 2.79. The lowest BCUT2D eigenvalue weighted by Gasteiger charge is -2.24. The molecule has 1 aromatic rings. The Hall–Kier alpha value is -1.36. The normalized spacial score (nSPS) is 18.6. The zero-order valence-electron chi connectivity index (χ0n) is 10.7. The van der Waals surface area contributed by atoms with Crippen molar-refractivity contribution in [3.63, 3.8) is 0 Å². The Morgan fingerprint density at radius 2 is 2.21 bits per heavy atom. The number of rotatable bonds is 3. The predicted molar refractivity (Wildman–Crippen MR) is 75.2 cm³/mol. The van der Waals surface area contributed by atoms with E-state index in [2.05, 4.69) is 15.9 Å². The fourth-order valence-electron chi connectivity index (χ4n) is 2.48. The highest BCUT2D eigenvalue weighted by Gasteiger charge is 2.31. The van der Waals surface area contributed by atoms with E-state index in [4.69, 9.17) is 5.11 Å². The molecule has 0 bridgehead atoms. The number of nitrogens with zero attached hydrogens (tertiary/aromatic N) is 1. The molecule has 0 saturated carbocycles. The highest BCUT2D eigenvalue weighted by atomic mass is 79.9. The van der Waals surface area contributed by atoms with Gasteiger partial charge in [-0.05, 0) is 47.3 Å². The Balaban J connectivity index is 2.23. The van der Waals surface area contributed by atoms with Gasteiger partial charge in [-0.15, -0.1) is 0 Å². The molecule has 1 aliphatic heterocycles. The molecule has 1 unspecified atom stereocenters. The van der Waals surface area contributed by atoms with E-state index in [1.165, 1.54) is 0 Å². The summed E-state index contributed by atoms with van der Waals surface area (Å²) in [6, 6.07) is 5.36. The lowest BCUT2D eigenvalue weighted by molar-refractivity contribution is -0.137. The van der Waals surface area contributed by atoms with Gasteiger partial charge < -0.3 is 10.0 Å². The molecule has 5 heteroatoms. The van der Waals surface area contributed by atoms with Gasteiger partial charge in [0, 0.05) is 17.1 Å². The van der Waals surface area contributed by atoms with Crippen molar-refractivity contribution in [3.05, 3.63) is 33.8 Å². The molecule has 4 nitrogen and oxygen atoms in total. The number of carboxylic acids is 1. The molecule has 102 valence electrons. The number of aliphatic carboxylic acids is 1. The number of aryl methyl sites for hydroxylation is 1. The van der Waals surface area contributed by atoms with E-state index in [0.717, 1.165) is 22.9 Å². The van der Waals surface area contributed by atoms with E-state index in [1.54, 1.807) is 11.0 Å². The maximum absolute atomic E-state index is 12.5. The van der Waals surface area contributed by atoms with Crippen molar-refractivity contribution in [1.29, 1.82) is 0 Å². The Bertz CT molecular complexity index is 515.